The van der Waals surface area contributed by atoms with Crippen LogP contribution in [0.2, 0.25) is 0 Å². The van der Waals surface area contributed by atoms with Crippen molar-refractivity contribution in [1.82, 2.24) is 29.1 Å². The highest BCUT2D eigenvalue weighted by atomic mass is 32.2. The highest BCUT2D eigenvalue weighted by Crippen LogP contribution is 2.40. The molecule has 112 valence electrons. The maximum Gasteiger partial charge on any atom is 0.198 e. The fourth-order valence-corrected chi connectivity index (χ4v) is 3.89. The van der Waals surface area contributed by atoms with Crippen LogP contribution < -0.4 is 0 Å². The summed E-state index contributed by atoms with van der Waals surface area (Å²) >= 11 is 2.99. The Balaban J connectivity index is 1.62. The molecular formula is C14H14N6S2. The van der Waals surface area contributed by atoms with E-state index in [0.717, 1.165) is 33.3 Å². The molecule has 8 heteroatoms. The van der Waals surface area contributed by atoms with E-state index in [1.54, 1.807) is 12.4 Å². The van der Waals surface area contributed by atoms with Gasteiger partial charge in [0, 0.05) is 30.4 Å². The number of pyridine rings is 1. The van der Waals surface area contributed by atoms with Crippen molar-refractivity contribution in [3.05, 3.63) is 30.4 Å². The quantitative estimate of drug-likeness (QED) is 0.715. The van der Waals surface area contributed by atoms with Crippen molar-refractivity contribution < 1.29 is 0 Å². The van der Waals surface area contributed by atoms with Crippen LogP contribution in [-0.4, -0.2) is 29.1 Å². The second-order valence-corrected chi connectivity index (χ2v) is 7.05. The Morgan fingerprint density at radius 3 is 2.82 bits per heavy atom. The van der Waals surface area contributed by atoms with Crippen molar-refractivity contribution in [3.63, 3.8) is 0 Å². The van der Waals surface area contributed by atoms with E-state index in [1.165, 1.54) is 36.1 Å². The van der Waals surface area contributed by atoms with Gasteiger partial charge in [-0.2, -0.15) is 4.37 Å². The van der Waals surface area contributed by atoms with Gasteiger partial charge in [0.15, 0.2) is 15.3 Å². The Morgan fingerprint density at radius 2 is 2.09 bits per heavy atom. The van der Waals surface area contributed by atoms with Crippen LogP contribution in [-0.2, 0) is 6.54 Å². The summed E-state index contributed by atoms with van der Waals surface area (Å²) in [6.07, 6.45) is 5.98. The smallest absolute Gasteiger partial charge is 0.198 e. The topological polar surface area (TPSA) is 69.4 Å². The van der Waals surface area contributed by atoms with Crippen molar-refractivity contribution in [2.45, 2.75) is 41.7 Å². The van der Waals surface area contributed by atoms with Crippen LogP contribution >= 0.6 is 23.3 Å². The van der Waals surface area contributed by atoms with Crippen LogP contribution in [0.1, 0.15) is 31.5 Å². The molecule has 0 unspecified atom stereocenters. The number of nitrogens with zero attached hydrogens (tertiary/aromatic N) is 6. The highest BCUT2D eigenvalue weighted by molar-refractivity contribution is 8.00. The third-order valence-corrected chi connectivity index (χ3v) is 5.27. The van der Waals surface area contributed by atoms with E-state index >= 15 is 0 Å². The molecule has 3 heterocycles. The molecule has 1 aliphatic rings. The summed E-state index contributed by atoms with van der Waals surface area (Å²) in [5, 5.41) is 9.51. The fourth-order valence-electron chi connectivity index (χ4n) is 2.21. The third-order valence-electron chi connectivity index (χ3n) is 3.52. The molecule has 0 aromatic carbocycles. The summed E-state index contributed by atoms with van der Waals surface area (Å²) in [6.45, 7) is 2.90. The van der Waals surface area contributed by atoms with Gasteiger partial charge in [0.1, 0.15) is 5.82 Å². The Labute approximate surface area is 136 Å². The normalized spacial score (nSPS) is 14.4. The van der Waals surface area contributed by atoms with Gasteiger partial charge in [0.05, 0.1) is 0 Å². The molecule has 4 rings (SSSR count). The van der Waals surface area contributed by atoms with Gasteiger partial charge in [-0.3, -0.25) is 4.98 Å². The molecule has 0 amide bonds. The van der Waals surface area contributed by atoms with Crippen LogP contribution in [0.5, 0.6) is 0 Å². The van der Waals surface area contributed by atoms with Gasteiger partial charge >= 0.3 is 0 Å². The molecule has 22 heavy (non-hydrogen) atoms. The minimum Gasteiger partial charge on any atom is -0.302 e. The lowest BCUT2D eigenvalue weighted by Gasteiger charge is -2.05. The first-order valence-corrected chi connectivity index (χ1v) is 8.79. The second-order valence-electron chi connectivity index (χ2n) is 5.08. The number of rotatable bonds is 5. The SMILES string of the molecule is CCn1c(Sc2nc(C3CC3)ns2)nnc1-c1ccncc1. The molecule has 1 fully saturated rings. The van der Waals surface area contributed by atoms with Gasteiger partial charge in [-0.05, 0) is 55.2 Å². The average molecular weight is 330 g/mol. The fraction of sp³-hybridized carbons (Fsp3) is 0.357. The average Bonchev–Trinajstić information content (AvgIpc) is 3.17. The third kappa shape index (κ3) is 2.64. The predicted molar refractivity (Wildman–Crippen MR) is 84.9 cm³/mol. The highest BCUT2D eigenvalue weighted by Gasteiger charge is 2.28. The summed E-state index contributed by atoms with van der Waals surface area (Å²) in [7, 11) is 0. The summed E-state index contributed by atoms with van der Waals surface area (Å²) in [5.74, 6) is 2.44. The Hall–Kier alpha value is -1.80. The molecule has 0 saturated heterocycles. The standard InChI is InChI=1S/C14H14N6S2/c1-2-20-12(10-5-7-15-8-6-10)17-18-13(20)21-14-16-11(19-22-14)9-3-4-9/h5-9H,2-4H2,1H3. The van der Waals surface area contributed by atoms with Crippen LogP contribution in [0, 0.1) is 0 Å². The van der Waals surface area contributed by atoms with E-state index in [4.69, 9.17) is 0 Å². The molecule has 1 aliphatic carbocycles. The molecule has 0 aliphatic heterocycles. The first-order valence-electron chi connectivity index (χ1n) is 7.20. The van der Waals surface area contributed by atoms with Crippen molar-refractivity contribution in [2.24, 2.45) is 0 Å². The van der Waals surface area contributed by atoms with E-state index in [1.807, 2.05) is 12.1 Å². The zero-order valence-electron chi connectivity index (χ0n) is 12.0. The molecule has 0 spiro atoms. The molecule has 0 bridgehead atoms. The van der Waals surface area contributed by atoms with Crippen molar-refractivity contribution in [2.75, 3.05) is 0 Å². The molecule has 3 aromatic rings. The summed E-state index contributed by atoms with van der Waals surface area (Å²) in [6, 6.07) is 3.89. The molecule has 3 aromatic heterocycles. The minimum atomic E-state index is 0.585. The van der Waals surface area contributed by atoms with Gasteiger partial charge in [-0.15, -0.1) is 10.2 Å². The zero-order chi connectivity index (χ0) is 14.9. The van der Waals surface area contributed by atoms with E-state index in [2.05, 4.69) is 36.0 Å². The molecular weight excluding hydrogens is 316 g/mol. The summed E-state index contributed by atoms with van der Waals surface area (Å²) < 4.78 is 7.47. The van der Waals surface area contributed by atoms with Gasteiger partial charge in [0.2, 0.25) is 0 Å². The maximum absolute atomic E-state index is 4.60. The van der Waals surface area contributed by atoms with Crippen molar-refractivity contribution in [1.29, 1.82) is 0 Å². The maximum atomic E-state index is 4.60. The Morgan fingerprint density at radius 1 is 1.27 bits per heavy atom. The van der Waals surface area contributed by atoms with Crippen LogP contribution in [0.25, 0.3) is 11.4 Å². The lowest BCUT2D eigenvalue weighted by Crippen LogP contribution is -1.99. The molecule has 1 saturated carbocycles. The Bertz CT molecular complexity index is 778. The Kier molecular flexibility index (Phi) is 3.63. The van der Waals surface area contributed by atoms with E-state index in [0.29, 0.717) is 5.92 Å². The summed E-state index contributed by atoms with van der Waals surface area (Å²) in [5.41, 5.74) is 1.02. The molecule has 0 atom stereocenters. The number of aromatic nitrogens is 6. The van der Waals surface area contributed by atoms with Gasteiger partial charge < -0.3 is 4.57 Å². The van der Waals surface area contributed by atoms with Crippen LogP contribution in [0.4, 0.5) is 0 Å². The van der Waals surface area contributed by atoms with Gasteiger partial charge in [0.25, 0.3) is 0 Å². The monoisotopic (exact) mass is 330 g/mol. The van der Waals surface area contributed by atoms with E-state index in [-0.39, 0.29) is 0 Å². The lowest BCUT2D eigenvalue weighted by molar-refractivity contribution is 0.687. The van der Waals surface area contributed by atoms with Crippen molar-refractivity contribution >= 4 is 23.3 Å². The lowest BCUT2D eigenvalue weighted by atomic mass is 10.2. The zero-order valence-corrected chi connectivity index (χ0v) is 13.6. The van der Waals surface area contributed by atoms with Crippen LogP contribution in [0.15, 0.2) is 34.0 Å². The van der Waals surface area contributed by atoms with Gasteiger partial charge in [-0.25, -0.2) is 4.98 Å². The van der Waals surface area contributed by atoms with Crippen molar-refractivity contribution in [3.8, 4) is 11.4 Å². The first kappa shape index (κ1) is 13.8. The largest absolute Gasteiger partial charge is 0.302 e. The molecule has 0 N–H and O–H groups in total. The first-order chi connectivity index (χ1) is 10.8. The number of hydrogen-bond donors (Lipinski definition) is 0. The van der Waals surface area contributed by atoms with Crippen LogP contribution in [0.3, 0.4) is 0 Å². The number of hydrogen-bond acceptors (Lipinski definition) is 7. The molecule has 0 radical (unpaired) electrons. The summed E-state index contributed by atoms with van der Waals surface area (Å²) in [4.78, 5) is 8.65. The minimum absolute atomic E-state index is 0.585. The van der Waals surface area contributed by atoms with Gasteiger partial charge in [-0.1, -0.05) is 0 Å². The second kappa shape index (κ2) is 5.77. The van der Waals surface area contributed by atoms with E-state index < -0.39 is 0 Å². The molecule has 6 nitrogen and oxygen atoms in total. The predicted octanol–water partition coefficient (Wildman–Crippen LogP) is 3.24. The van der Waals surface area contributed by atoms with E-state index in [9.17, 15) is 0 Å².